The SMILES string of the molecule is NC1=NC(=NO)c2c(Cl)c(Cl)c(Cl)c(Cl)c21.NC1=NC(=NO)c2c(Cl)c(Cl)c(Cl)c(Cl)c21.[Ni]. The second-order valence-corrected chi connectivity index (χ2v) is 8.88. The molecule has 0 bridgehead atoms. The molecule has 2 heterocycles. The van der Waals surface area contributed by atoms with Gasteiger partial charge in [0.2, 0.25) is 11.7 Å². The van der Waals surface area contributed by atoms with E-state index in [0.717, 1.165) is 0 Å². The number of benzene rings is 2. The van der Waals surface area contributed by atoms with Crippen molar-refractivity contribution in [3.05, 3.63) is 62.4 Å². The molecule has 0 unspecified atom stereocenters. The summed E-state index contributed by atoms with van der Waals surface area (Å²) in [6.07, 6.45) is 0. The van der Waals surface area contributed by atoms with E-state index in [1.54, 1.807) is 0 Å². The smallest absolute Gasteiger partial charge is 0.202 e. The molecule has 17 heteroatoms. The van der Waals surface area contributed by atoms with Crippen molar-refractivity contribution in [1.29, 1.82) is 0 Å². The number of nitrogens with zero attached hydrogens (tertiary/aromatic N) is 4. The molecule has 178 valence electrons. The summed E-state index contributed by atoms with van der Waals surface area (Å²) in [4.78, 5) is 7.57. The molecule has 4 rings (SSSR count). The maximum atomic E-state index is 8.75. The van der Waals surface area contributed by atoms with E-state index in [-0.39, 0.29) is 91.1 Å². The molecule has 0 spiro atoms. The Bertz CT molecular complexity index is 1210. The maximum absolute atomic E-state index is 8.75. The molecule has 0 atom stereocenters. The number of aliphatic imine (C=N–C) groups is 2. The topological polar surface area (TPSA) is 142 Å². The number of fused-ring (bicyclic) bond motifs is 2. The van der Waals surface area contributed by atoms with Gasteiger partial charge < -0.3 is 21.9 Å². The Kier molecular flexibility index (Phi) is 9.30. The summed E-state index contributed by atoms with van der Waals surface area (Å²) >= 11 is 47.3. The zero-order valence-corrected chi connectivity index (χ0v) is 22.2. The van der Waals surface area contributed by atoms with Crippen molar-refractivity contribution in [2.45, 2.75) is 0 Å². The number of hydrogen-bond donors (Lipinski definition) is 4. The predicted molar refractivity (Wildman–Crippen MR) is 131 cm³/mol. The monoisotopic (exact) mass is 652 g/mol. The molecule has 33 heavy (non-hydrogen) atoms. The minimum absolute atomic E-state index is 0. The van der Waals surface area contributed by atoms with Crippen LogP contribution in [0.2, 0.25) is 40.2 Å². The van der Waals surface area contributed by atoms with Gasteiger partial charge >= 0.3 is 0 Å². The number of halogens is 8. The molecule has 2 aromatic rings. The molecule has 0 fully saturated rings. The van der Waals surface area contributed by atoms with Gasteiger partial charge in [-0.05, 0) is 0 Å². The molecule has 0 radical (unpaired) electrons. The zero-order valence-electron chi connectivity index (χ0n) is 15.2. The van der Waals surface area contributed by atoms with Crippen LogP contribution in [0.15, 0.2) is 20.3 Å². The first-order valence-electron chi connectivity index (χ1n) is 7.83. The molecule has 2 aliphatic rings. The summed E-state index contributed by atoms with van der Waals surface area (Å²) < 4.78 is 0. The van der Waals surface area contributed by atoms with Crippen molar-refractivity contribution < 1.29 is 26.9 Å². The third kappa shape index (κ3) is 4.68. The molecular weight excluding hydrogens is 651 g/mol. The molecule has 8 nitrogen and oxygen atoms in total. The van der Waals surface area contributed by atoms with Gasteiger partial charge in [0, 0.05) is 27.6 Å². The van der Waals surface area contributed by atoms with E-state index in [2.05, 4.69) is 20.3 Å². The second-order valence-electron chi connectivity index (χ2n) is 5.85. The van der Waals surface area contributed by atoms with Gasteiger partial charge in [0.15, 0.2) is 0 Å². The fraction of sp³-hybridized carbons (Fsp3) is 0. The van der Waals surface area contributed by atoms with Crippen LogP contribution in [0.1, 0.15) is 22.3 Å². The molecule has 0 saturated carbocycles. The molecule has 0 saturated heterocycles. The Hall–Kier alpha value is -0.866. The molecule has 6 N–H and O–H groups in total. The van der Waals surface area contributed by atoms with Crippen LogP contribution in [0.4, 0.5) is 0 Å². The zero-order chi connectivity index (χ0) is 24.1. The summed E-state index contributed by atoms with van der Waals surface area (Å²) in [5.74, 6) is 0.0671. The molecular formula is C16H6Cl8N6NiO2. The summed E-state index contributed by atoms with van der Waals surface area (Å²) in [6.45, 7) is 0. The Morgan fingerprint density at radius 1 is 0.485 bits per heavy atom. The van der Waals surface area contributed by atoms with E-state index in [1.165, 1.54) is 0 Å². The van der Waals surface area contributed by atoms with Crippen LogP contribution in [0.5, 0.6) is 0 Å². The van der Waals surface area contributed by atoms with E-state index in [1.807, 2.05) is 0 Å². The first-order valence-corrected chi connectivity index (χ1v) is 10.9. The Morgan fingerprint density at radius 2 is 0.727 bits per heavy atom. The van der Waals surface area contributed by atoms with Crippen LogP contribution in [0.3, 0.4) is 0 Å². The Balaban J connectivity index is 0.000000227. The molecule has 2 aromatic carbocycles. The summed E-state index contributed by atoms with van der Waals surface area (Å²) in [5.41, 5.74) is 12.4. The average molecular weight is 657 g/mol. The Morgan fingerprint density at radius 3 is 0.970 bits per heavy atom. The van der Waals surface area contributed by atoms with Crippen LogP contribution < -0.4 is 11.5 Å². The number of hydrogen-bond acceptors (Lipinski definition) is 6. The summed E-state index contributed by atoms with van der Waals surface area (Å²) in [5, 5.41) is 24.2. The van der Waals surface area contributed by atoms with Gasteiger partial charge in [-0.3, -0.25) is 0 Å². The van der Waals surface area contributed by atoms with E-state index in [0.29, 0.717) is 11.1 Å². The van der Waals surface area contributed by atoms with E-state index in [4.69, 9.17) is 115 Å². The van der Waals surface area contributed by atoms with Gasteiger partial charge in [-0.15, -0.1) is 0 Å². The van der Waals surface area contributed by atoms with E-state index in [9.17, 15) is 0 Å². The summed E-state index contributed by atoms with van der Waals surface area (Å²) in [7, 11) is 0. The minimum Gasteiger partial charge on any atom is -0.409 e. The number of rotatable bonds is 0. The Labute approximate surface area is 235 Å². The van der Waals surface area contributed by atoms with E-state index < -0.39 is 0 Å². The van der Waals surface area contributed by atoms with Gasteiger partial charge in [0.05, 0.1) is 51.3 Å². The van der Waals surface area contributed by atoms with Crippen LogP contribution in [0.25, 0.3) is 0 Å². The quantitative estimate of drug-likeness (QED) is 0.0867. The standard InChI is InChI=1S/2C8H3Cl4N3O.Ni/c2*9-3-1-2(4(10)6(12)5(3)11)8(15-16)14-7(1)13;/h2*16H,(H2,13,14,15);. The number of amidine groups is 4. The maximum Gasteiger partial charge on any atom is 0.202 e. The van der Waals surface area contributed by atoms with Crippen molar-refractivity contribution in [2.75, 3.05) is 0 Å². The second kappa shape index (κ2) is 10.8. The minimum atomic E-state index is -0.0435. The number of nitrogens with two attached hydrogens (primary N) is 2. The molecule has 2 aliphatic heterocycles. The first kappa shape index (κ1) is 28.4. The summed E-state index contributed by atoms with van der Waals surface area (Å²) in [6, 6.07) is 0. The van der Waals surface area contributed by atoms with Crippen molar-refractivity contribution >= 4 is 116 Å². The largest absolute Gasteiger partial charge is 0.409 e. The van der Waals surface area contributed by atoms with Crippen LogP contribution >= 0.6 is 92.8 Å². The number of oxime groups is 2. The van der Waals surface area contributed by atoms with Crippen LogP contribution in [-0.4, -0.2) is 33.8 Å². The van der Waals surface area contributed by atoms with Crippen LogP contribution in [0, 0.1) is 0 Å². The normalized spacial score (nSPS) is 16.0. The first-order chi connectivity index (χ1) is 15.0. The van der Waals surface area contributed by atoms with Gasteiger partial charge in [-0.2, -0.15) is 0 Å². The van der Waals surface area contributed by atoms with Crippen molar-refractivity contribution in [1.82, 2.24) is 0 Å². The fourth-order valence-corrected chi connectivity index (χ4v) is 4.83. The van der Waals surface area contributed by atoms with Gasteiger partial charge in [0.1, 0.15) is 11.7 Å². The van der Waals surface area contributed by atoms with Crippen molar-refractivity contribution in [3.8, 4) is 0 Å². The third-order valence-corrected chi connectivity index (χ3v) is 7.74. The van der Waals surface area contributed by atoms with Crippen LogP contribution in [-0.2, 0) is 16.5 Å². The molecule has 0 aliphatic carbocycles. The fourth-order valence-electron chi connectivity index (χ4n) is 2.76. The van der Waals surface area contributed by atoms with Gasteiger partial charge in [-0.25, -0.2) is 9.98 Å². The van der Waals surface area contributed by atoms with Gasteiger partial charge in [-0.1, -0.05) is 103 Å². The van der Waals surface area contributed by atoms with Crippen molar-refractivity contribution in [3.63, 3.8) is 0 Å². The molecule has 0 amide bonds. The average Bonchev–Trinajstić information content (AvgIpc) is 3.30. The van der Waals surface area contributed by atoms with Crippen molar-refractivity contribution in [2.24, 2.45) is 31.8 Å². The predicted octanol–water partition coefficient (Wildman–Crippen LogP) is 6.31. The third-order valence-electron chi connectivity index (χ3n) is 4.14. The van der Waals surface area contributed by atoms with Gasteiger partial charge in [0.25, 0.3) is 0 Å². The molecule has 0 aromatic heterocycles. The van der Waals surface area contributed by atoms with E-state index >= 15 is 0 Å².